The van der Waals surface area contributed by atoms with Gasteiger partial charge in [-0.1, -0.05) is 18.2 Å². The molecule has 0 saturated carbocycles. The number of rotatable bonds is 4. The van der Waals surface area contributed by atoms with Crippen molar-refractivity contribution in [2.45, 2.75) is 31.0 Å². The smallest absolute Gasteiger partial charge is 0.253 e. The lowest BCUT2D eigenvalue weighted by Crippen LogP contribution is -2.48. The van der Waals surface area contributed by atoms with E-state index in [9.17, 15) is 13.2 Å². The quantitative estimate of drug-likeness (QED) is 0.726. The third kappa shape index (κ3) is 4.76. The molecule has 0 N–H and O–H groups in total. The minimum atomic E-state index is -3.61. The number of amides is 1. The Kier molecular flexibility index (Phi) is 6.31. The Morgan fingerprint density at radius 3 is 2.03 bits per heavy atom. The van der Waals surface area contributed by atoms with Gasteiger partial charge >= 0.3 is 0 Å². The van der Waals surface area contributed by atoms with Crippen LogP contribution in [0.15, 0.2) is 59.5 Å². The Bertz CT molecular complexity index is 993. The second kappa shape index (κ2) is 8.98. The number of sulfonamides is 1. The van der Waals surface area contributed by atoms with Crippen LogP contribution in [0.5, 0.6) is 0 Å². The van der Waals surface area contributed by atoms with Gasteiger partial charge in [0.05, 0.1) is 17.1 Å². The van der Waals surface area contributed by atoms with Crippen LogP contribution in [0.2, 0.25) is 0 Å². The standard InChI is InChI=1S/C23H29N3O4S/c1-18-16-26(17-19(2)30-18)31(28,29)22-10-8-20(9-11-22)23(27)25-14-12-24(13-15-25)21-6-4-3-5-7-21/h3-11,18-19H,12-17H2,1-2H3/t18-,19-/m1/s1. The molecule has 0 radical (unpaired) electrons. The number of carbonyl (C=O) groups is 1. The Labute approximate surface area is 184 Å². The first-order chi connectivity index (χ1) is 14.8. The van der Waals surface area contributed by atoms with E-state index in [-0.39, 0.29) is 23.0 Å². The molecule has 8 heteroatoms. The summed E-state index contributed by atoms with van der Waals surface area (Å²) < 4.78 is 33.1. The maximum atomic E-state index is 13.0. The molecule has 0 bridgehead atoms. The van der Waals surface area contributed by atoms with Crippen molar-refractivity contribution in [1.29, 1.82) is 0 Å². The van der Waals surface area contributed by atoms with Gasteiger partial charge in [-0.15, -0.1) is 0 Å². The summed E-state index contributed by atoms with van der Waals surface area (Å²) >= 11 is 0. The van der Waals surface area contributed by atoms with E-state index in [1.807, 2.05) is 36.9 Å². The minimum absolute atomic E-state index is 0.0646. The van der Waals surface area contributed by atoms with Crippen LogP contribution in [-0.4, -0.2) is 75.0 Å². The molecule has 1 amide bonds. The lowest BCUT2D eigenvalue weighted by atomic mass is 10.1. The number of benzene rings is 2. The van der Waals surface area contributed by atoms with E-state index >= 15 is 0 Å². The zero-order chi connectivity index (χ0) is 22.0. The summed E-state index contributed by atoms with van der Waals surface area (Å²) in [4.78, 5) is 17.2. The van der Waals surface area contributed by atoms with Crippen LogP contribution >= 0.6 is 0 Å². The molecule has 2 fully saturated rings. The number of para-hydroxylation sites is 1. The van der Waals surface area contributed by atoms with Crippen molar-refractivity contribution in [3.05, 3.63) is 60.2 Å². The van der Waals surface area contributed by atoms with Gasteiger partial charge in [-0.25, -0.2) is 8.42 Å². The van der Waals surface area contributed by atoms with Gasteiger partial charge in [0.1, 0.15) is 0 Å². The summed E-state index contributed by atoms with van der Waals surface area (Å²) in [5.41, 5.74) is 1.67. The Morgan fingerprint density at radius 2 is 1.45 bits per heavy atom. The third-order valence-corrected chi connectivity index (χ3v) is 7.66. The fourth-order valence-corrected chi connectivity index (χ4v) is 5.83. The summed E-state index contributed by atoms with van der Waals surface area (Å²) in [6, 6.07) is 16.5. The normalized spacial score (nSPS) is 23.0. The Hall–Kier alpha value is -2.42. The van der Waals surface area contributed by atoms with Crippen molar-refractivity contribution in [2.75, 3.05) is 44.2 Å². The maximum Gasteiger partial charge on any atom is 0.253 e. The first-order valence-electron chi connectivity index (χ1n) is 10.7. The molecule has 0 unspecified atom stereocenters. The van der Waals surface area contributed by atoms with Gasteiger partial charge in [0.15, 0.2) is 0 Å². The number of piperazine rings is 1. The van der Waals surface area contributed by atoms with E-state index in [2.05, 4.69) is 17.0 Å². The van der Waals surface area contributed by atoms with Crippen molar-refractivity contribution in [3.63, 3.8) is 0 Å². The molecule has 2 aromatic rings. The average molecular weight is 444 g/mol. The lowest BCUT2D eigenvalue weighted by molar-refractivity contribution is -0.0440. The van der Waals surface area contributed by atoms with Crippen LogP contribution in [0.25, 0.3) is 0 Å². The number of nitrogens with zero attached hydrogens (tertiary/aromatic N) is 3. The fraction of sp³-hybridized carbons (Fsp3) is 0.435. The van der Waals surface area contributed by atoms with Crippen molar-refractivity contribution < 1.29 is 17.9 Å². The van der Waals surface area contributed by atoms with Crippen LogP contribution in [0.3, 0.4) is 0 Å². The molecule has 166 valence electrons. The summed E-state index contributed by atoms with van der Waals surface area (Å²) in [6.07, 6.45) is -0.289. The molecule has 0 aromatic heterocycles. The maximum absolute atomic E-state index is 13.0. The summed E-state index contributed by atoms with van der Waals surface area (Å²) in [7, 11) is -3.61. The van der Waals surface area contributed by atoms with Gasteiger partial charge in [0, 0.05) is 50.5 Å². The number of morpholine rings is 1. The van der Waals surface area contributed by atoms with E-state index < -0.39 is 10.0 Å². The van der Waals surface area contributed by atoms with E-state index in [1.165, 1.54) is 16.4 Å². The molecule has 2 saturated heterocycles. The predicted molar refractivity (Wildman–Crippen MR) is 120 cm³/mol. The first-order valence-corrected chi connectivity index (χ1v) is 12.1. The molecule has 0 aliphatic carbocycles. The minimum Gasteiger partial charge on any atom is -0.373 e. The van der Waals surface area contributed by atoms with Crippen LogP contribution in [-0.2, 0) is 14.8 Å². The molecule has 2 aliphatic heterocycles. The average Bonchev–Trinajstić information content (AvgIpc) is 2.79. The number of hydrogen-bond acceptors (Lipinski definition) is 5. The monoisotopic (exact) mass is 443 g/mol. The second-order valence-corrected chi connectivity index (χ2v) is 10.2. The number of anilines is 1. The van der Waals surface area contributed by atoms with E-state index in [1.54, 1.807) is 12.1 Å². The van der Waals surface area contributed by atoms with Crippen molar-refractivity contribution >= 4 is 21.6 Å². The molecule has 7 nitrogen and oxygen atoms in total. The molecular formula is C23H29N3O4S. The van der Waals surface area contributed by atoms with Gasteiger partial charge in [-0.3, -0.25) is 4.79 Å². The van der Waals surface area contributed by atoms with E-state index in [4.69, 9.17) is 4.74 Å². The molecule has 2 aromatic carbocycles. The number of hydrogen-bond donors (Lipinski definition) is 0. The third-order valence-electron chi connectivity index (χ3n) is 5.81. The summed E-state index contributed by atoms with van der Waals surface area (Å²) in [5, 5.41) is 0. The number of ether oxygens (including phenoxy) is 1. The van der Waals surface area contributed by atoms with Crippen molar-refractivity contribution in [3.8, 4) is 0 Å². The highest BCUT2D eigenvalue weighted by molar-refractivity contribution is 7.89. The van der Waals surface area contributed by atoms with Gasteiger partial charge in [-0.05, 0) is 50.2 Å². The van der Waals surface area contributed by atoms with Gasteiger partial charge in [0.25, 0.3) is 5.91 Å². The molecular weight excluding hydrogens is 414 g/mol. The van der Waals surface area contributed by atoms with Gasteiger partial charge in [0.2, 0.25) is 10.0 Å². The molecule has 2 atom stereocenters. The highest BCUT2D eigenvalue weighted by atomic mass is 32.2. The fourth-order valence-electron chi connectivity index (χ4n) is 4.23. The van der Waals surface area contributed by atoms with Crippen molar-refractivity contribution in [1.82, 2.24) is 9.21 Å². The lowest BCUT2D eigenvalue weighted by Gasteiger charge is -2.36. The number of carbonyl (C=O) groups excluding carboxylic acids is 1. The molecule has 31 heavy (non-hydrogen) atoms. The zero-order valence-corrected chi connectivity index (χ0v) is 18.8. The largest absolute Gasteiger partial charge is 0.373 e. The van der Waals surface area contributed by atoms with Crippen molar-refractivity contribution in [2.24, 2.45) is 0 Å². The topological polar surface area (TPSA) is 70.2 Å². The molecule has 2 heterocycles. The Morgan fingerprint density at radius 1 is 0.871 bits per heavy atom. The zero-order valence-electron chi connectivity index (χ0n) is 18.0. The highest BCUT2D eigenvalue weighted by Crippen LogP contribution is 2.22. The highest BCUT2D eigenvalue weighted by Gasteiger charge is 2.32. The Balaban J connectivity index is 1.41. The van der Waals surface area contributed by atoms with Crippen LogP contribution < -0.4 is 4.90 Å². The van der Waals surface area contributed by atoms with E-state index in [0.29, 0.717) is 31.7 Å². The van der Waals surface area contributed by atoms with Crippen LogP contribution in [0.1, 0.15) is 24.2 Å². The second-order valence-electron chi connectivity index (χ2n) is 8.22. The summed E-state index contributed by atoms with van der Waals surface area (Å²) in [5.74, 6) is -0.0646. The van der Waals surface area contributed by atoms with Crippen LogP contribution in [0.4, 0.5) is 5.69 Å². The van der Waals surface area contributed by atoms with Gasteiger partial charge < -0.3 is 14.5 Å². The molecule has 0 spiro atoms. The van der Waals surface area contributed by atoms with Gasteiger partial charge in [-0.2, -0.15) is 4.31 Å². The summed E-state index contributed by atoms with van der Waals surface area (Å²) in [6.45, 7) is 7.23. The first kappa shape index (κ1) is 21.8. The SMILES string of the molecule is C[C@@H]1CN(S(=O)(=O)c2ccc(C(=O)N3CCN(c4ccccc4)CC3)cc2)C[C@@H](C)O1. The molecule has 4 rings (SSSR count). The molecule has 2 aliphatic rings. The predicted octanol–water partition coefficient (Wildman–Crippen LogP) is 2.45. The van der Waals surface area contributed by atoms with E-state index in [0.717, 1.165) is 18.8 Å². The van der Waals surface area contributed by atoms with Crippen LogP contribution in [0, 0.1) is 0 Å².